The fraction of sp³-hybridized carbons (Fsp3) is 0.385. The minimum Gasteiger partial charge on any atom is -0.346 e. The molecule has 6 heterocycles. The van der Waals surface area contributed by atoms with Gasteiger partial charge < -0.3 is 15.2 Å². The SMILES string of the molecule is Cc1nc(F)ccc1NC(=O)N1CCC(N2CC(CC#N)(n3cc(-c4ncnc5[nH]ccc45)cn3)C2)CC1. The van der Waals surface area contributed by atoms with Crippen LogP contribution in [-0.4, -0.2) is 77.8 Å². The van der Waals surface area contributed by atoms with Gasteiger partial charge in [-0.1, -0.05) is 0 Å². The highest BCUT2D eigenvalue weighted by Crippen LogP contribution is 2.37. The Balaban J connectivity index is 1.09. The molecule has 0 bridgehead atoms. The van der Waals surface area contributed by atoms with Crippen LogP contribution in [0.25, 0.3) is 22.3 Å². The third kappa shape index (κ3) is 4.24. The molecule has 12 heteroatoms. The van der Waals surface area contributed by atoms with Gasteiger partial charge in [0, 0.05) is 55.6 Å². The lowest BCUT2D eigenvalue weighted by atomic mass is 9.84. The zero-order valence-corrected chi connectivity index (χ0v) is 20.9. The summed E-state index contributed by atoms with van der Waals surface area (Å²) in [6.07, 6.45) is 9.19. The number of carbonyl (C=O) groups excluding carboxylic acids is 1. The summed E-state index contributed by atoms with van der Waals surface area (Å²) in [5.74, 6) is -0.568. The number of nitriles is 1. The van der Waals surface area contributed by atoms with Crippen LogP contribution in [0, 0.1) is 24.2 Å². The Morgan fingerprint density at radius 1 is 1.26 bits per heavy atom. The summed E-state index contributed by atoms with van der Waals surface area (Å²) < 4.78 is 15.2. The van der Waals surface area contributed by atoms with Gasteiger partial charge >= 0.3 is 6.03 Å². The van der Waals surface area contributed by atoms with Crippen LogP contribution in [0.5, 0.6) is 0 Å². The fourth-order valence-corrected chi connectivity index (χ4v) is 5.55. The fourth-order valence-electron chi connectivity index (χ4n) is 5.55. The van der Waals surface area contributed by atoms with Crippen LogP contribution in [-0.2, 0) is 5.54 Å². The first-order valence-corrected chi connectivity index (χ1v) is 12.6. The van der Waals surface area contributed by atoms with Gasteiger partial charge in [-0.2, -0.15) is 14.8 Å². The molecule has 0 radical (unpaired) electrons. The monoisotopic (exact) mass is 514 g/mol. The first kappa shape index (κ1) is 24.0. The van der Waals surface area contributed by atoms with Crippen LogP contribution in [0.15, 0.2) is 43.1 Å². The van der Waals surface area contributed by atoms with E-state index in [1.165, 1.54) is 18.5 Å². The molecule has 2 fully saturated rings. The average molecular weight is 515 g/mol. The van der Waals surface area contributed by atoms with Crippen molar-refractivity contribution in [3.63, 3.8) is 0 Å². The molecule has 0 aliphatic carbocycles. The second-order valence-electron chi connectivity index (χ2n) is 10.0. The van der Waals surface area contributed by atoms with Crippen molar-refractivity contribution in [2.45, 2.75) is 37.8 Å². The smallest absolute Gasteiger partial charge is 0.321 e. The van der Waals surface area contributed by atoms with E-state index in [0.717, 1.165) is 48.2 Å². The third-order valence-corrected chi connectivity index (χ3v) is 7.66. The normalized spacial score (nSPS) is 17.8. The molecular formula is C26H27FN10O. The number of anilines is 1. The Bertz CT molecular complexity index is 1520. The van der Waals surface area contributed by atoms with Crippen molar-refractivity contribution >= 4 is 22.8 Å². The molecular weight excluding hydrogens is 487 g/mol. The zero-order valence-electron chi connectivity index (χ0n) is 20.9. The van der Waals surface area contributed by atoms with Crippen molar-refractivity contribution in [3.05, 3.63) is 54.8 Å². The van der Waals surface area contributed by atoms with Crippen LogP contribution in [0.4, 0.5) is 14.9 Å². The Morgan fingerprint density at radius 2 is 2.08 bits per heavy atom. The van der Waals surface area contributed by atoms with Crippen molar-refractivity contribution in [1.82, 2.24) is 39.5 Å². The maximum atomic E-state index is 13.3. The number of carbonyl (C=O) groups is 1. The van der Waals surface area contributed by atoms with Gasteiger partial charge in [-0.05, 0) is 38.0 Å². The molecule has 2 saturated heterocycles. The summed E-state index contributed by atoms with van der Waals surface area (Å²) in [6.45, 7) is 4.36. The summed E-state index contributed by atoms with van der Waals surface area (Å²) in [5, 5.41) is 18.0. The van der Waals surface area contributed by atoms with Gasteiger partial charge in [0.05, 0.1) is 35.8 Å². The maximum Gasteiger partial charge on any atom is 0.321 e. The summed E-state index contributed by atoms with van der Waals surface area (Å²) in [4.78, 5) is 32.5. The molecule has 0 spiro atoms. The van der Waals surface area contributed by atoms with Crippen molar-refractivity contribution in [2.24, 2.45) is 0 Å². The number of piperidine rings is 1. The number of likely N-dealkylation sites (tertiary alicyclic amines) is 2. The highest BCUT2D eigenvalue weighted by Gasteiger charge is 2.48. The predicted octanol–water partition coefficient (Wildman–Crippen LogP) is 3.29. The molecule has 2 amide bonds. The number of hydrogen-bond donors (Lipinski definition) is 2. The topological polar surface area (TPSA) is 132 Å². The predicted molar refractivity (Wildman–Crippen MR) is 137 cm³/mol. The number of nitrogens with zero attached hydrogens (tertiary/aromatic N) is 8. The minimum absolute atomic E-state index is 0.201. The summed E-state index contributed by atoms with van der Waals surface area (Å²) in [6, 6.07) is 7.20. The Morgan fingerprint density at radius 3 is 2.84 bits per heavy atom. The van der Waals surface area contributed by atoms with Crippen molar-refractivity contribution < 1.29 is 9.18 Å². The van der Waals surface area contributed by atoms with Gasteiger partial charge in [0.15, 0.2) is 0 Å². The van der Waals surface area contributed by atoms with E-state index in [1.54, 1.807) is 18.0 Å². The molecule has 0 aromatic carbocycles. The summed E-state index contributed by atoms with van der Waals surface area (Å²) in [7, 11) is 0. The molecule has 2 aliphatic rings. The van der Waals surface area contributed by atoms with E-state index in [2.05, 4.69) is 41.3 Å². The number of halogens is 1. The Hall–Kier alpha value is -4.37. The van der Waals surface area contributed by atoms with Crippen LogP contribution in [0.2, 0.25) is 0 Å². The van der Waals surface area contributed by atoms with Gasteiger partial charge in [0.1, 0.15) is 17.5 Å². The number of fused-ring (bicyclic) bond motifs is 1. The molecule has 11 nitrogen and oxygen atoms in total. The summed E-state index contributed by atoms with van der Waals surface area (Å²) in [5.41, 5.74) is 3.04. The van der Waals surface area contributed by atoms with Crippen LogP contribution >= 0.6 is 0 Å². The molecule has 4 aromatic rings. The molecule has 38 heavy (non-hydrogen) atoms. The van der Waals surface area contributed by atoms with E-state index in [9.17, 15) is 14.4 Å². The molecule has 194 valence electrons. The van der Waals surface area contributed by atoms with Crippen molar-refractivity contribution in [1.29, 1.82) is 5.26 Å². The number of H-pyrrole nitrogens is 1. The van der Waals surface area contributed by atoms with Gasteiger partial charge in [-0.25, -0.2) is 19.7 Å². The Labute approximate surface area is 218 Å². The van der Waals surface area contributed by atoms with Crippen molar-refractivity contribution in [3.8, 4) is 17.3 Å². The number of rotatable bonds is 5. The minimum atomic E-state index is -0.568. The molecule has 6 rings (SSSR count). The van der Waals surface area contributed by atoms with E-state index in [1.807, 2.05) is 23.1 Å². The first-order chi connectivity index (χ1) is 18.5. The first-order valence-electron chi connectivity index (χ1n) is 12.6. The lowest BCUT2D eigenvalue weighted by Gasteiger charge is -2.53. The van der Waals surface area contributed by atoms with Gasteiger partial charge in [-0.15, -0.1) is 0 Å². The molecule has 0 atom stereocenters. The largest absolute Gasteiger partial charge is 0.346 e. The molecule has 0 saturated carbocycles. The maximum absolute atomic E-state index is 13.3. The average Bonchev–Trinajstić information content (AvgIpc) is 3.58. The van der Waals surface area contributed by atoms with E-state index in [-0.39, 0.29) is 11.6 Å². The second kappa shape index (κ2) is 9.50. The molecule has 2 aliphatic heterocycles. The highest BCUT2D eigenvalue weighted by molar-refractivity contribution is 5.90. The number of hydrogen-bond acceptors (Lipinski definition) is 7. The zero-order chi connectivity index (χ0) is 26.3. The van der Waals surface area contributed by atoms with E-state index in [4.69, 9.17) is 0 Å². The number of amides is 2. The number of pyridine rings is 1. The number of urea groups is 1. The van der Waals surface area contributed by atoms with Gasteiger partial charge in [0.2, 0.25) is 5.95 Å². The van der Waals surface area contributed by atoms with Gasteiger partial charge in [0.25, 0.3) is 0 Å². The lowest BCUT2D eigenvalue weighted by Crippen LogP contribution is -2.66. The van der Waals surface area contributed by atoms with E-state index >= 15 is 0 Å². The standard InChI is InChI=1S/C26H27FN10O/c1-17-21(2-3-22(27)33-17)34-25(38)35-10-5-19(6-11-35)36-14-26(15-36,7-8-28)37-13-18(12-32-37)23-20-4-9-29-24(20)31-16-30-23/h2-4,9,12-13,16,19H,5-7,10-11,14-15H2,1H3,(H,34,38)(H,29,30,31). The van der Waals surface area contributed by atoms with E-state index < -0.39 is 5.95 Å². The number of aryl methyl sites for hydroxylation is 1. The molecule has 0 unspecified atom stereocenters. The van der Waals surface area contributed by atoms with Crippen LogP contribution in [0.3, 0.4) is 0 Å². The molecule has 2 N–H and O–H groups in total. The van der Waals surface area contributed by atoms with Crippen LogP contribution in [0.1, 0.15) is 25.0 Å². The molecule has 4 aromatic heterocycles. The lowest BCUT2D eigenvalue weighted by molar-refractivity contribution is -0.0399. The second-order valence-corrected chi connectivity index (χ2v) is 10.0. The van der Waals surface area contributed by atoms with Crippen LogP contribution < -0.4 is 5.32 Å². The number of nitrogens with one attached hydrogen (secondary N) is 2. The highest BCUT2D eigenvalue weighted by atomic mass is 19.1. The van der Waals surface area contributed by atoms with Gasteiger partial charge in [-0.3, -0.25) is 9.58 Å². The summed E-state index contributed by atoms with van der Waals surface area (Å²) >= 11 is 0. The van der Waals surface area contributed by atoms with Crippen molar-refractivity contribution in [2.75, 3.05) is 31.5 Å². The third-order valence-electron chi connectivity index (χ3n) is 7.66. The number of aromatic nitrogens is 6. The number of aromatic amines is 1. The Kier molecular flexibility index (Phi) is 6.00. The van der Waals surface area contributed by atoms with E-state index in [0.29, 0.717) is 36.9 Å². The quantitative estimate of drug-likeness (QED) is 0.391.